The average Bonchev–Trinajstić information content (AvgIpc) is 2.93. The number of hydrogen-bond donors (Lipinski definition) is 2. The number of anilines is 1. The molecule has 0 heterocycles. The molecular formula is C14H16ClN3O2. The number of amides is 2. The highest BCUT2D eigenvalue weighted by Crippen LogP contribution is 2.19. The fraction of sp³-hybridized carbons (Fsp3) is 0.357. The number of hydrogen-bond acceptors (Lipinski definition) is 3. The van der Waals surface area contributed by atoms with Crippen LogP contribution in [0.25, 0.3) is 0 Å². The second kappa shape index (κ2) is 6.52. The summed E-state index contributed by atoms with van der Waals surface area (Å²) in [5, 5.41) is 6.96. The summed E-state index contributed by atoms with van der Waals surface area (Å²) in [6.45, 7) is 1.86. The highest BCUT2D eigenvalue weighted by molar-refractivity contribution is 6.39. The zero-order chi connectivity index (χ0) is 14.5. The molecule has 1 aromatic carbocycles. The first-order valence-electron chi connectivity index (χ1n) is 6.49. The van der Waals surface area contributed by atoms with Gasteiger partial charge in [0.05, 0.1) is 0 Å². The Morgan fingerprint density at radius 3 is 2.55 bits per heavy atom. The molecule has 2 N–H and O–H groups in total. The quantitative estimate of drug-likeness (QED) is 0.650. The topological polar surface area (TPSA) is 70.6 Å². The van der Waals surface area contributed by atoms with Crippen molar-refractivity contribution in [1.82, 2.24) is 5.43 Å². The van der Waals surface area contributed by atoms with E-state index in [2.05, 4.69) is 15.8 Å². The average molecular weight is 294 g/mol. The van der Waals surface area contributed by atoms with Crippen LogP contribution in [-0.4, -0.2) is 17.5 Å². The smallest absolute Gasteiger partial charge is 0.318 e. The van der Waals surface area contributed by atoms with Crippen molar-refractivity contribution in [2.75, 3.05) is 5.32 Å². The van der Waals surface area contributed by atoms with Gasteiger partial charge in [-0.1, -0.05) is 17.7 Å². The molecule has 5 nitrogen and oxygen atoms in total. The van der Waals surface area contributed by atoms with Gasteiger partial charge in [0.1, 0.15) is 0 Å². The molecule has 0 aromatic heterocycles. The third kappa shape index (κ3) is 3.81. The Morgan fingerprint density at radius 2 is 1.90 bits per heavy atom. The normalized spacial score (nSPS) is 14.0. The minimum Gasteiger partial charge on any atom is -0.318 e. The number of nitrogens with zero attached hydrogens (tertiary/aromatic N) is 1. The standard InChI is InChI=1S/C14H16ClN3O2/c1-9-6-7-11(8-12(9)15)16-13(19)14(20)18-17-10-4-2-3-5-10/h6-8H,2-5H2,1H3,(H,16,19)(H,18,20). The van der Waals surface area contributed by atoms with E-state index in [0.717, 1.165) is 37.0 Å². The van der Waals surface area contributed by atoms with E-state index < -0.39 is 11.8 Å². The van der Waals surface area contributed by atoms with Crippen LogP contribution in [0.1, 0.15) is 31.2 Å². The van der Waals surface area contributed by atoms with E-state index in [1.807, 2.05) is 6.92 Å². The van der Waals surface area contributed by atoms with Gasteiger partial charge in [0.2, 0.25) is 0 Å². The summed E-state index contributed by atoms with van der Waals surface area (Å²) in [6, 6.07) is 5.06. The first kappa shape index (κ1) is 14.5. The lowest BCUT2D eigenvalue weighted by molar-refractivity contribution is -0.136. The van der Waals surface area contributed by atoms with Crippen LogP contribution in [0, 0.1) is 6.92 Å². The van der Waals surface area contributed by atoms with E-state index in [4.69, 9.17) is 11.6 Å². The van der Waals surface area contributed by atoms with Crippen molar-refractivity contribution in [3.05, 3.63) is 28.8 Å². The fourth-order valence-corrected chi connectivity index (χ4v) is 2.11. The zero-order valence-corrected chi connectivity index (χ0v) is 12.0. The summed E-state index contributed by atoms with van der Waals surface area (Å²) in [5.41, 5.74) is 4.59. The molecule has 0 spiro atoms. The van der Waals surface area contributed by atoms with E-state index >= 15 is 0 Å². The fourth-order valence-electron chi connectivity index (χ4n) is 1.93. The molecule has 20 heavy (non-hydrogen) atoms. The molecule has 1 aliphatic rings. The third-order valence-corrected chi connectivity index (χ3v) is 3.54. The zero-order valence-electron chi connectivity index (χ0n) is 11.2. The summed E-state index contributed by atoms with van der Waals surface area (Å²) < 4.78 is 0. The van der Waals surface area contributed by atoms with Crippen molar-refractivity contribution < 1.29 is 9.59 Å². The van der Waals surface area contributed by atoms with Gasteiger partial charge in [0.15, 0.2) is 0 Å². The van der Waals surface area contributed by atoms with Crippen molar-refractivity contribution in [3.63, 3.8) is 0 Å². The Balaban J connectivity index is 1.91. The summed E-state index contributed by atoms with van der Waals surface area (Å²) in [6.07, 6.45) is 3.94. The highest BCUT2D eigenvalue weighted by atomic mass is 35.5. The maximum Gasteiger partial charge on any atom is 0.329 e. The Hall–Kier alpha value is -1.88. The molecule has 2 rings (SSSR count). The number of nitrogens with one attached hydrogen (secondary N) is 2. The van der Waals surface area contributed by atoms with Crippen molar-refractivity contribution in [1.29, 1.82) is 0 Å². The van der Waals surface area contributed by atoms with E-state index in [9.17, 15) is 9.59 Å². The van der Waals surface area contributed by atoms with Crippen molar-refractivity contribution in [2.24, 2.45) is 5.10 Å². The number of halogens is 1. The van der Waals surface area contributed by atoms with Gasteiger partial charge in [-0.15, -0.1) is 0 Å². The van der Waals surface area contributed by atoms with Gasteiger partial charge in [-0.3, -0.25) is 9.59 Å². The van der Waals surface area contributed by atoms with E-state index in [-0.39, 0.29) is 0 Å². The monoisotopic (exact) mass is 293 g/mol. The highest BCUT2D eigenvalue weighted by Gasteiger charge is 2.15. The number of benzene rings is 1. The maximum atomic E-state index is 11.7. The van der Waals surface area contributed by atoms with Crippen molar-refractivity contribution in [3.8, 4) is 0 Å². The SMILES string of the molecule is Cc1ccc(NC(=O)C(=O)NN=C2CCCC2)cc1Cl. The Morgan fingerprint density at radius 1 is 1.20 bits per heavy atom. The van der Waals surface area contributed by atoms with Gasteiger partial charge >= 0.3 is 11.8 Å². The third-order valence-electron chi connectivity index (χ3n) is 3.13. The van der Waals surface area contributed by atoms with Crippen molar-refractivity contribution in [2.45, 2.75) is 32.6 Å². The minimum absolute atomic E-state index is 0.481. The Kier molecular flexibility index (Phi) is 4.74. The van der Waals surface area contributed by atoms with Crippen LogP contribution in [0.15, 0.2) is 23.3 Å². The van der Waals surface area contributed by atoms with Crippen LogP contribution in [0.5, 0.6) is 0 Å². The number of aryl methyl sites for hydroxylation is 1. The number of carbonyl (C=O) groups is 2. The summed E-state index contributed by atoms with van der Waals surface area (Å²) >= 11 is 5.95. The molecule has 1 aliphatic carbocycles. The predicted molar refractivity (Wildman–Crippen MR) is 78.9 cm³/mol. The second-order valence-corrected chi connectivity index (χ2v) is 5.15. The maximum absolute atomic E-state index is 11.7. The van der Waals surface area contributed by atoms with E-state index in [1.165, 1.54) is 0 Å². The molecular weight excluding hydrogens is 278 g/mol. The van der Waals surface area contributed by atoms with Crippen LogP contribution >= 0.6 is 11.6 Å². The lowest BCUT2D eigenvalue weighted by Gasteiger charge is -2.06. The number of rotatable bonds is 2. The lowest BCUT2D eigenvalue weighted by atomic mass is 10.2. The van der Waals surface area contributed by atoms with E-state index in [1.54, 1.807) is 18.2 Å². The van der Waals surface area contributed by atoms with Crippen LogP contribution in [0.2, 0.25) is 5.02 Å². The second-order valence-electron chi connectivity index (χ2n) is 4.74. The molecule has 6 heteroatoms. The van der Waals surface area contributed by atoms with Gasteiger partial charge < -0.3 is 5.32 Å². The van der Waals surface area contributed by atoms with Gasteiger partial charge in [0, 0.05) is 16.4 Å². The van der Waals surface area contributed by atoms with Crippen LogP contribution in [0.3, 0.4) is 0 Å². The molecule has 0 radical (unpaired) electrons. The van der Waals surface area contributed by atoms with Crippen LogP contribution in [-0.2, 0) is 9.59 Å². The minimum atomic E-state index is -0.777. The Labute approximate surface area is 122 Å². The van der Waals surface area contributed by atoms with Crippen LogP contribution < -0.4 is 10.7 Å². The van der Waals surface area contributed by atoms with Gasteiger partial charge in [-0.25, -0.2) is 5.43 Å². The molecule has 0 atom stereocenters. The summed E-state index contributed by atoms with van der Waals surface area (Å²) in [5.74, 6) is -1.53. The van der Waals surface area contributed by atoms with Crippen LogP contribution in [0.4, 0.5) is 5.69 Å². The molecule has 0 unspecified atom stereocenters. The molecule has 1 fully saturated rings. The lowest BCUT2D eigenvalue weighted by Crippen LogP contribution is -2.32. The summed E-state index contributed by atoms with van der Waals surface area (Å²) in [4.78, 5) is 23.3. The molecule has 0 aliphatic heterocycles. The molecule has 0 bridgehead atoms. The van der Waals surface area contributed by atoms with Gasteiger partial charge in [-0.05, 0) is 50.3 Å². The molecule has 0 saturated heterocycles. The molecule has 2 amide bonds. The van der Waals surface area contributed by atoms with Crippen molar-refractivity contribution >= 4 is 34.8 Å². The first-order chi connectivity index (χ1) is 9.56. The predicted octanol–water partition coefficient (Wildman–Crippen LogP) is 2.63. The first-order valence-corrected chi connectivity index (χ1v) is 6.87. The number of carbonyl (C=O) groups excluding carboxylic acids is 2. The molecule has 1 aromatic rings. The van der Waals surface area contributed by atoms with Gasteiger partial charge in [0.25, 0.3) is 0 Å². The van der Waals surface area contributed by atoms with Gasteiger partial charge in [-0.2, -0.15) is 5.10 Å². The molecule has 106 valence electrons. The van der Waals surface area contributed by atoms with E-state index in [0.29, 0.717) is 10.7 Å². The largest absolute Gasteiger partial charge is 0.329 e. The molecule has 1 saturated carbocycles. The Bertz CT molecular complexity index is 562. The number of hydrazone groups is 1. The summed E-state index contributed by atoms with van der Waals surface area (Å²) in [7, 11) is 0.